The number of hydrogen-bond acceptors (Lipinski definition) is 5. The molecule has 0 atom stereocenters. The van der Waals surface area contributed by atoms with E-state index in [9.17, 15) is 14.9 Å². The Hall–Kier alpha value is -2.56. The molecule has 3 aromatic rings. The van der Waals surface area contributed by atoms with Gasteiger partial charge in [-0.25, -0.2) is 0 Å². The van der Waals surface area contributed by atoms with Gasteiger partial charge in [-0.2, -0.15) is 10.1 Å². The Labute approximate surface area is 202 Å². The van der Waals surface area contributed by atoms with E-state index >= 15 is 0 Å². The summed E-state index contributed by atoms with van der Waals surface area (Å²) in [6.07, 6.45) is 1.64. The zero-order valence-corrected chi connectivity index (χ0v) is 20.6. The van der Waals surface area contributed by atoms with Crippen LogP contribution in [0.15, 0.2) is 77.0 Å². The third-order valence-corrected chi connectivity index (χ3v) is 6.31. The quantitative estimate of drug-likeness (QED) is 0.182. The number of rotatable bonds is 4. The predicted molar refractivity (Wildman–Crippen MR) is 129 cm³/mol. The number of nitro benzene ring substituents is 1. The second-order valence-corrected chi connectivity index (χ2v) is 9.20. The van der Waals surface area contributed by atoms with Crippen molar-refractivity contribution < 1.29 is 14.1 Å². The van der Waals surface area contributed by atoms with Crippen molar-refractivity contribution in [1.29, 1.82) is 0 Å². The van der Waals surface area contributed by atoms with Crippen LogP contribution in [0.4, 0.5) is 11.4 Å². The van der Waals surface area contributed by atoms with Crippen molar-refractivity contribution in [3.63, 3.8) is 0 Å². The molecule has 0 fully saturated rings. The van der Waals surface area contributed by atoms with Crippen molar-refractivity contribution in [2.45, 2.75) is 6.92 Å². The Morgan fingerprint density at radius 1 is 1.06 bits per heavy atom. The van der Waals surface area contributed by atoms with Gasteiger partial charge in [-0.1, -0.05) is 15.9 Å². The highest BCUT2D eigenvalue weighted by Gasteiger charge is 2.29. The van der Waals surface area contributed by atoms with Gasteiger partial charge in [0, 0.05) is 31.1 Å². The summed E-state index contributed by atoms with van der Waals surface area (Å²) in [7, 11) is 0. The monoisotopic (exact) mass is 607 g/mol. The summed E-state index contributed by atoms with van der Waals surface area (Å²) in [5.41, 5.74) is 2.24. The minimum atomic E-state index is -0.470. The molecule has 7 nitrogen and oxygen atoms in total. The second-order valence-electron chi connectivity index (χ2n) is 6.58. The number of nitrogens with zero attached hydrogens (tertiary/aromatic N) is 3. The molecule has 1 aliphatic rings. The Balaban J connectivity index is 1.65. The third kappa shape index (κ3) is 4.28. The SMILES string of the molecule is CC1=NN(c2ccc(Br)cc2)C(=O)/C1=C\c1ccc(-c2c(Br)cc([N+](=O)[O-])cc2Br)o1. The van der Waals surface area contributed by atoms with Crippen molar-refractivity contribution in [2.75, 3.05) is 5.01 Å². The molecule has 1 aliphatic heterocycles. The lowest BCUT2D eigenvalue weighted by Crippen LogP contribution is -2.21. The Bertz CT molecular complexity index is 1260. The molecule has 0 unspecified atom stereocenters. The summed E-state index contributed by atoms with van der Waals surface area (Å²) in [6, 6.07) is 13.6. The molecule has 10 heteroatoms. The molecule has 4 rings (SSSR count). The van der Waals surface area contributed by atoms with Crippen LogP contribution >= 0.6 is 47.8 Å². The van der Waals surface area contributed by atoms with Gasteiger partial charge >= 0.3 is 0 Å². The minimum absolute atomic E-state index is 0.0483. The fourth-order valence-electron chi connectivity index (χ4n) is 3.05. The number of carbonyl (C=O) groups excluding carboxylic acids is 1. The number of carbonyl (C=O) groups is 1. The summed E-state index contributed by atoms with van der Waals surface area (Å²) in [5.74, 6) is 0.698. The van der Waals surface area contributed by atoms with E-state index in [1.165, 1.54) is 17.1 Å². The standard InChI is InChI=1S/C21H12Br3N3O4/c1-11-16(21(28)26(25-11)13-4-2-12(22)3-5-13)10-15-6-7-19(31-15)20-17(23)8-14(27(29)30)9-18(20)24/h2-10H,1H3/b16-10-. The van der Waals surface area contributed by atoms with Crippen LogP contribution in [-0.4, -0.2) is 16.5 Å². The summed E-state index contributed by atoms with van der Waals surface area (Å²) < 4.78 is 7.84. The molecule has 156 valence electrons. The molecule has 31 heavy (non-hydrogen) atoms. The average Bonchev–Trinajstić information content (AvgIpc) is 3.28. The van der Waals surface area contributed by atoms with Gasteiger partial charge in [0.05, 0.1) is 21.9 Å². The van der Waals surface area contributed by atoms with Crippen LogP contribution in [-0.2, 0) is 4.79 Å². The molecule has 1 aromatic heterocycles. The molecule has 0 saturated carbocycles. The molecule has 2 heterocycles. The van der Waals surface area contributed by atoms with E-state index in [4.69, 9.17) is 4.42 Å². The number of hydrazone groups is 1. The molecule has 0 saturated heterocycles. The fourth-order valence-corrected chi connectivity index (χ4v) is 4.87. The van der Waals surface area contributed by atoms with Crippen LogP contribution in [0.2, 0.25) is 0 Å². The largest absolute Gasteiger partial charge is 0.457 e. The first-order valence-corrected chi connectivity index (χ1v) is 11.2. The lowest BCUT2D eigenvalue weighted by atomic mass is 10.1. The summed E-state index contributed by atoms with van der Waals surface area (Å²) >= 11 is 10.1. The van der Waals surface area contributed by atoms with Gasteiger partial charge in [-0.05, 0) is 81.3 Å². The summed E-state index contributed by atoms with van der Waals surface area (Å²) in [6.45, 7) is 1.76. The van der Waals surface area contributed by atoms with E-state index in [-0.39, 0.29) is 11.6 Å². The van der Waals surface area contributed by atoms with Crippen LogP contribution in [0.3, 0.4) is 0 Å². The number of furan rings is 1. The normalized spacial score (nSPS) is 15.0. The van der Waals surface area contributed by atoms with E-state index in [1.54, 1.807) is 37.3 Å². The van der Waals surface area contributed by atoms with Gasteiger partial charge in [0.25, 0.3) is 11.6 Å². The molecular formula is C21H12Br3N3O4. The fraction of sp³-hybridized carbons (Fsp3) is 0.0476. The summed E-state index contributed by atoms with van der Waals surface area (Å²) in [4.78, 5) is 23.5. The predicted octanol–water partition coefficient (Wildman–Crippen LogP) is 6.95. The lowest BCUT2D eigenvalue weighted by Gasteiger charge is -2.11. The van der Waals surface area contributed by atoms with Crippen molar-refractivity contribution >= 4 is 76.9 Å². The van der Waals surface area contributed by atoms with Crippen LogP contribution in [0.1, 0.15) is 12.7 Å². The van der Waals surface area contributed by atoms with Crippen molar-refractivity contribution in [1.82, 2.24) is 0 Å². The second kappa shape index (κ2) is 8.52. The topological polar surface area (TPSA) is 89.0 Å². The molecule has 0 aliphatic carbocycles. The van der Waals surface area contributed by atoms with Crippen molar-refractivity contribution in [3.05, 3.63) is 83.4 Å². The number of amides is 1. The first-order chi connectivity index (χ1) is 14.7. The van der Waals surface area contributed by atoms with Gasteiger partial charge in [0.2, 0.25) is 0 Å². The highest BCUT2D eigenvalue weighted by atomic mass is 79.9. The smallest absolute Gasteiger partial charge is 0.280 e. The maximum Gasteiger partial charge on any atom is 0.280 e. The van der Waals surface area contributed by atoms with Crippen molar-refractivity contribution in [3.8, 4) is 11.3 Å². The number of halogens is 3. The zero-order valence-electron chi connectivity index (χ0n) is 15.8. The average molecular weight is 610 g/mol. The van der Waals surface area contributed by atoms with Gasteiger partial charge < -0.3 is 4.42 Å². The van der Waals surface area contributed by atoms with Crippen LogP contribution in [0, 0.1) is 10.1 Å². The van der Waals surface area contributed by atoms with Crippen LogP contribution in [0.25, 0.3) is 17.4 Å². The number of benzene rings is 2. The van der Waals surface area contributed by atoms with Crippen LogP contribution < -0.4 is 5.01 Å². The van der Waals surface area contributed by atoms with Gasteiger partial charge in [0.1, 0.15) is 11.5 Å². The number of anilines is 1. The van der Waals surface area contributed by atoms with Gasteiger partial charge in [0.15, 0.2) is 0 Å². The third-order valence-electron chi connectivity index (χ3n) is 4.53. The maximum absolute atomic E-state index is 12.9. The van der Waals surface area contributed by atoms with Crippen molar-refractivity contribution in [2.24, 2.45) is 5.10 Å². The number of non-ortho nitro benzene ring substituents is 1. The first kappa shape index (κ1) is 21.7. The minimum Gasteiger partial charge on any atom is -0.457 e. The van der Waals surface area contributed by atoms with E-state index in [2.05, 4.69) is 52.9 Å². The maximum atomic E-state index is 12.9. The van der Waals surface area contributed by atoms with Gasteiger partial charge in [-0.3, -0.25) is 14.9 Å². The molecule has 0 bridgehead atoms. The highest BCUT2D eigenvalue weighted by molar-refractivity contribution is 9.11. The van der Waals surface area contributed by atoms with E-state index in [0.717, 1.165) is 4.47 Å². The zero-order chi connectivity index (χ0) is 22.3. The molecule has 1 amide bonds. The molecular weight excluding hydrogens is 598 g/mol. The lowest BCUT2D eigenvalue weighted by molar-refractivity contribution is -0.385. The molecule has 2 aromatic carbocycles. The Morgan fingerprint density at radius 2 is 1.71 bits per heavy atom. The highest BCUT2D eigenvalue weighted by Crippen LogP contribution is 2.39. The number of hydrogen-bond donors (Lipinski definition) is 0. The molecule has 0 N–H and O–H groups in total. The van der Waals surface area contributed by atoms with E-state index in [1.807, 2.05) is 12.1 Å². The summed E-state index contributed by atoms with van der Waals surface area (Å²) in [5, 5.41) is 16.8. The van der Waals surface area contributed by atoms with E-state index in [0.29, 0.717) is 43.0 Å². The van der Waals surface area contributed by atoms with E-state index < -0.39 is 4.92 Å². The Kier molecular flexibility index (Phi) is 5.96. The van der Waals surface area contributed by atoms with Gasteiger partial charge in [-0.15, -0.1) is 0 Å². The molecule has 0 spiro atoms. The first-order valence-electron chi connectivity index (χ1n) is 8.85. The number of nitro groups is 1. The van der Waals surface area contributed by atoms with Crippen LogP contribution in [0.5, 0.6) is 0 Å². The molecule has 0 radical (unpaired) electrons. The Morgan fingerprint density at radius 3 is 2.32 bits per heavy atom.